The number of rotatable bonds is 18. The lowest BCUT2D eigenvalue weighted by atomic mass is 9.72. The summed E-state index contributed by atoms with van der Waals surface area (Å²) in [5.41, 5.74) is 7.37. The maximum atomic E-state index is 14.5. The van der Waals surface area contributed by atoms with Crippen molar-refractivity contribution in [2.45, 2.75) is 154 Å². The van der Waals surface area contributed by atoms with Gasteiger partial charge in [-0.3, -0.25) is 9.59 Å². The van der Waals surface area contributed by atoms with Gasteiger partial charge in [0.15, 0.2) is 19.7 Å². The van der Waals surface area contributed by atoms with Crippen LogP contribution in [0.4, 0.5) is 0 Å². The van der Waals surface area contributed by atoms with E-state index in [0.717, 1.165) is 38.5 Å². The van der Waals surface area contributed by atoms with Crippen molar-refractivity contribution in [3.05, 3.63) is 166 Å². The van der Waals surface area contributed by atoms with Crippen molar-refractivity contribution in [3.8, 4) is 0 Å². The van der Waals surface area contributed by atoms with Gasteiger partial charge in [0.1, 0.15) is 22.7 Å². The Bertz CT molecular complexity index is 2400. The lowest BCUT2D eigenvalue weighted by Gasteiger charge is -2.33. The van der Waals surface area contributed by atoms with Crippen LogP contribution in [0, 0.1) is 10.8 Å². The molecule has 356 valence electrons. The molecule has 66 heavy (non-hydrogen) atoms. The molecule has 0 fully saturated rings. The Balaban J connectivity index is 1.79. The Hall–Kier alpha value is -5.06. The van der Waals surface area contributed by atoms with Crippen LogP contribution in [-0.2, 0) is 38.7 Å². The topological polar surface area (TPSA) is 121 Å². The van der Waals surface area contributed by atoms with Gasteiger partial charge in [0, 0.05) is 13.8 Å². The summed E-state index contributed by atoms with van der Waals surface area (Å²) in [5, 5.41) is -2.56. The third-order valence-corrected chi connectivity index (χ3v) is 16.8. The third-order valence-electron chi connectivity index (χ3n) is 12.7. The molecule has 2 aromatic carbocycles. The highest BCUT2D eigenvalue weighted by Crippen LogP contribution is 2.42. The number of benzene rings is 2. The molecule has 10 heteroatoms. The van der Waals surface area contributed by atoms with Crippen molar-refractivity contribution in [2.24, 2.45) is 10.8 Å². The molecule has 0 aliphatic heterocycles. The molecule has 2 aliphatic rings. The van der Waals surface area contributed by atoms with Crippen molar-refractivity contribution >= 4 is 31.6 Å². The van der Waals surface area contributed by atoms with Crippen LogP contribution in [0.1, 0.15) is 122 Å². The van der Waals surface area contributed by atoms with E-state index in [1.165, 1.54) is 60.4 Å². The van der Waals surface area contributed by atoms with Crippen LogP contribution >= 0.6 is 0 Å². The highest BCUT2D eigenvalue weighted by atomic mass is 32.2. The molecule has 0 bridgehead atoms. The highest BCUT2D eigenvalue weighted by molar-refractivity contribution is 7.92. The summed E-state index contributed by atoms with van der Waals surface area (Å²) in [5.74, 6) is -1.29. The minimum absolute atomic E-state index is 0.0150. The second kappa shape index (κ2) is 23.1. The first-order valence-electron chi connectivity index (χ1n) is 23.0. The number of carbonyl (C=O) groups is 2. The molecule has 0 heterocycles. The number of carbonyl (C=O) groups excluding carboxylic acids is 2. The van der Waals surface area contributed by atoms with Crippen molar-refractivity contribution in [3.63, 3.8) is 0 Å². The van der Waals surface area contributed by atoms with Crippen LogP contribution < -0.4 is 0 Å². The van der Waals surface area contributed by atoms with Gasteiger partial charge in [0.25, 0.3) is 0 Å². The Kier molecular flexibility index (Phi) is 18.7. The van der Waals surface area contributed by atoms with Crippen molar-refractivity contribution < 1.29 is 35.9 Å². The molecule has 0 radical (unpaired) electrons. The van der Waals surface area contributed by atoms with Crippen LogP contribution in [0.5, 0.6) is 0 Å². The van der Waals surface area contributed by atoms with E-state index in [2.05, 4.69) is 53.7 Å². The van der Waals surface area contributed by atoms with E-state index >= 15 is 0 Å². The first kappa shape index (κ1) is 53.6. The largest absolute Gasteiger partial charge is 0.456 e. The zero-order valence-corrected chi connectivity index (χ0v) is 42.8. The van der Waals surface area contributed by atoms with Gasteiger partial charge in [0.2, 0.25) is 0 Å². The first-order chi connectivity index (χ1) is 30.9. The quantitative estimate of drug-likeness (QED) is 0.107. The normalized spacial score (nSPS) is 19.9. The molecule has 0 N–H and O–H groups in total. The van der Waals surface area contributed by atoms with Gasteiger partial charge in [-0.05, 0) is 137 Å². The third kappa shape index (κ3) is 14.2. The lowest BCUT2D eigenvalue weighted by Crippen LogP contribution is -2.37. The Morgan fingerprint density at radius 3 is 1.20 bits per heavy atom. The van der Waals surface area contributed by atoms with Crippen LogP contribution in [0.2, 0.25) is 0 Å². The van der Waals surface area contributed by atoms with E-state index in [-0.39, 0.29) is 20.6 Å². The molecule has 0 saturated heterocycles. The fraction of sp³-hybridized carbons (Fsp3) is 0.429. The van der Waals surface area contributed by atoms with Crippen molar-refractivity contribution in [1.29, 1.82) is 0 Å². The first-order valence-corrected chi connectivity index (χ1v) is 26.0. The van der Waals surface area contributed by atoms with Gasteiger partial charge >= 0.3 is 11.9 Å². The molecule has 2 aromatic rings. The lowest BCUT2D eigenvalue weighted by molar-refractivity contribution is -0.145. The molecule has 0 amide bonds. The minimum atomic E-state index is -4.10. The average molecular weight is 937 g/mol. The van der Waals surface area contributed by atoms with Crippen molar-refractivity contribution in [1.82, 2.24) is 0 Å². The van der Waals surface area contributed by atoms with Crippen LogP contribution in [0.15, 0.2) is 176 Å². The summed E-state index contributed by atoms with van der Waals surface area (Å²) in [6, 6.07) is 16.2. The van der Waals surface area contributed by atoms with Crippen molar-refractivity contribution in [2.75, 3.05) is 0 Å². The second-order valence-corrected chi connectivity index (χ2v) is 23.5. The predicted octanol–water partition coefficient (Wildman–Crippen LogP) is 13.0. The maximum Gasteiger partial charge on any atom is 0.303 e. The number of esters is 2. The summed E-state index contributed by atoms with van der Waals surface area (Å²) in [6.45, 7) is 22.8. The van der Waals surface area contributed by atoms with Gasteiger partial charge in [-0.2, -0.15) is 0 Å². The maximum absolute atomic E-state index is 14.5. The fourth-order valence-electron chi connectivity index (χ4n) is 9.09. The van der Waals surface area contributed by atoms with E-state index < -0.39 is 54.3 Å². The van der Waals surface area contributed by atoms with E-state index in [0.29, 0.717) is 22.3 Å². The molecule has 0 aromatic heterocycles. The average Bonchev–Trinajstić information content (AvgIpc) is 3.24. The SMILES string of the molecule is CC(=O)OC(/C(C)=C/C=C/C=C(\C)C(OC(C)=O)C(/C=C(C)/C=C/C1=C(C)CCCC1(C)C)S(=O)(=O)c1ccccc1)C(/C=C(C)/C=C/C1=C(C)CCCC1(C)C)S(=O)(=O)c1ccccc1. The van der Waals surface area contributed by atoms with E-state index in [1.54, 1.807) is 86.7 Å². The number of allylic oxidation sites excluding steroid dienone is 14. The van der Waals surface area contributed by atoms with Gasteiger partial charge in [-0.1, -0.05) is 147 Å². The molecule has 0 saturated carbocycles. The Labute approximate surface area is 396 Å². The van der Waals surface area contributed by atoms with E-state index in [9.17, 15) is 26.4 Å². The van der Waals surface area contributed by atoms with Gasteiger partial charge < -0.3 is 9.47 Å². The summed E-state index contributed by atoms with van der Waals surface area (Å²) < 4.78 is 69.7. The summed E-state index contributed by atoms with van der Waals surface area (Å²) >= 11 is 0. The van der Waals surface area contributed by atoms with Gasteiger partial charge in [-0.25, -0.2) is 16.8 Å². The second-order valence-electron chi connectivity index (χ2n) is 19.3. The van der Waals surface area contributed by atoms with Gasteiger partial charge in [-0.15, -0.1) is 0 Å². The number of sulfone groups is 2. The number of hydrogen-bond donors (Lipinski definition) is 0. The zero-order valence-electron chi connectivity index (χ0n) is 41.2. The highest BCUT2D eigenvalue weighted by Gasteiger charge is 2.38. The number of hydrogen-bond acceptors (Lipinski definition) is 8. The molecule has 4 atom stereocenters. The molecular formula is C56H72O8S2. The smallest absolute Gasteiger partial charge is 0.303 e. The van der Waals surface area contributed by atoms with Crippen LogP contribution in [0.25, 0.3) is 0 Å². The molecule has 0 spiro atoms. The standard InChI is InChI=1S/C56H72O8S2/c1-39(31-33-49-41(3)25-21-35-55(49,9)10)37-51(65(59,60)47-27-15-13-16-28-47)53(63-45(7)57)43(5)23-19-20-24-44(6)54(64-46(8)58)52(66(61,62)48-29-17-14-18-30-48)38-40(2)32-34-50-42(4)26-22-36-56(50,11)12/h13-20,23-24,27-34,37-38,51-54H,21-22,25-26,35-36H2,1-12H3/b20-19+,33-31+,34-32+,39-37+,40-38+,43-23+,44-24+. The molecule has 8 nitrogen and oxygen atoms in total. The number of ether oxygens (including phenoxy) is 2. The van der Waals surface area contributed by atoms with Crippen LogP contribution in [0.3, 0.4) is 0 Å². The fourth-order valence-corrected chi connectivity index (χ4v) is 12.8. The molecule has 2 aliphatic carbocycles. The molecule has 4 rings (SSSR count). The summed E-state index contributed by atoms with van der Waals surface area (Å²) in [7, 11) is -8.20. The predicted molar refractivity (Wildman–Crippen MR) is 269 cm³/mol. The Morgan fingerprint density at radius 1 is 0.561 bits per heavy atom. The molecule has 4 unspecified atom stereocenters. The summed E-state index contributed by atoms with van der Waals surface area (Å²) in [4.78, 5) is 25.6. The minimum Gasteiger partial charge on any atom is -0.456 e. The van der Waals surface area contributed by atoms with Gasteiger partial charge in [0.05, 0.1) is 9.79 Å². The molecular weight excluding hydrogens is 865 g/mol. The monoisotopic (exact) mass is 936 g/mol. The summed E-state index contributed by atoms with van der Waals surface area (Å²) in [6.07, 6.45) is 22.0. The van der Waals surface area contributed by atoms with Crippen LogP contribution in [-0.4, -0.2) is 51.5 Å². The Morgan fingerprint density at radius 2 is 0.894 bits per heavy atom. The zero-order chi connectivity index (χ0) is 49.0. The van der Waals surface area contributed by atoms with E-state index in [4.69, 9.17) is 9.47 Å². The van der Waals surface area contributed by atoms with E-state index in [1.807, 2.05) is 26.0 Å².